The highest BCUT2D eigenvalue weighted by molar-refractivity contribution is 6.05. The van der Waals surface area contributed by atoms with Gasteiger partial charge in [0.05, 0.1) is 31.6 Å². The van der Waals surface area contributed by atoms with Crippen LogP contribution >= 0.6 is 0 Å². The maximum Gasteiger partial charge on any atom is 0.259 e. The molecule has 1 saturated heterocycles. The second-order valence-corrected chi connectivity index (χ2v) is 8.62. The Balaban J connectivity index is 1.31. The summed E-state index contributed by atoms with van der Waals surface area (Å²) in [6.07, 6.45) is 2.61. The van der Waals surface area contributed by atoms with Crippen LogP contribution in [0.15, 0.2) is 59.2 Å². The lowest BCUT2D eigenvalue weighted by Crippen LogP contribution is -2.36. The first kappa shape index (κ1) is 20.6. The monoisotopic (exact) mass is 431 g/mol. The van der Waals surface area contributed by atoms with Crippen molar-refractivity contribution in [2.75, 3.05) is 41.4 Å². The molecule has 3 heterocycles. The number of morpholine rings is 1. The zero-order valence-electron chi connectivity index (χ0n) is 18.6. The van der Waals surface area contributed by atoms with Crippen molar-refractivity contribution in [3.05, 3.63) is 77.2 Å². The summed E-state index contributed by atoms with van der Waals surface area (Å²) in [4.78, 5) is 17.7. The molecule has 0 bridgehead atoms. The molecule has 1 atom stereocenters. The molecule has 1 amide bonds. The van der Waals surface area contributed by atoms with Crippen LogP contribution in [-0.4, -0.2) is 38.3 Å². The molecule has 5 rings (SSSR count). The first-order valence-corrected chi connectivity index (χ1v) is 11.3. The Kier molecular flexibility index (Phi) is 5.62. The van der Waals surface area contributed by atoms with Crippen LogP contribution in [0, 0.1) is 6.92 Å². The van der Waals surface area contributed by atoms with E-state index in [-0.39, 0.29) is 5.91 Å². The average Bonchev–Trinajstić information content (AvgIpc) is 3.40. The number of para-hydroxylation sites is 1. The molecule has 2 aliphatic rings. The van der Waals surface area contributed by atoms with Crippen molar-refractivity contribution in [1.82, 2.24) is 0 Å². The standard InChI is InChI=1S/C26H29N3O3/c1-18-15-21(28-10-13-31-14-11-28)7-8-23(18)27-26(30)22-9-12-32-25(22)17-29-19(2)16-20-5-3-4-6-24(20)29/h3-9,12,15,19H,10-11,13-14,16-17H2,1-2H3,(H,27,30). The fraction of sp³-hybridized carbons (Fsp3) is 0.346. The number of aryl methyl sites for hydroxylation is 1. The molecule has 32 heavy (non-hydrogen) atoms. The number of ether oxygens (including phenoxy) is 1. The van der Waals surface area contributed by atoms with Crippen LogP contribution in [0.2, 0.25) is 0 Å². The minimum absolute atomic E-state index is 0.142. The Morgan fingerprint density at radius 3 is 2.75 bits per heavy atom. The summed E-state index contributed by atoms with van der Waals surface area (Å²) in [5.74, 6) is 0.546. The van der Waals surface area contributed by atoms with E-state index in [0.29, 0.717) is 23.9 Å². The molecule has 3 aromatic rings. The number of amides is 1. The van der Waals surface area contributed by atoms with Crippen LogP contribution in [0.3, 0.4) is 0 Å². The zero-order valence-corrected chi connectivity index (χ0v) is 18.6. The van der Waals surface area contributed by atoms with Gasteiger partial charge in [-0.15, -0.1) is 0 Å². The Bertz CT molecular complexity index is 1120. The quantitative estimate of drug-likeness (QED) is 0.638. The molecule has 0 spiro atoms. The topological polar surface area (TPSA) is 58.0 Å². The zero-order chi connectivity index (χ0) is 22.1. The van der Waals surface area contributed by atoms with E-state index < -0.39 is 0 Å². The normalized spacial score (nSPS) is 18.0. The third kappa shape index (κ3) is 3.98. The fourth-order valence-corrected chi connectivity index (χ4v) is 4.69. The van der Waals surface area contributed by atoms with Crippen LogP contribution < -0.4 is 15.1 Å². The van der Waals surface area contributed by atoms with Crippen molar-refractivity contribution in [2.45, 2.75) is 32.9 Å². The van der Waals surface area contributed by atoms with E-state index in [9.17, 15) is 4.79 Å². The molecule has 1 unspecified atom stereocenters. The highest BCUT2D eigenvalue weighted by Gasteiger charge is 2.28. The second kappa shape index (κ2) is 8.71. The van der Waals surface area contributed by atoms with Crippen molar-refractivity contribution < 1.29 is 13.9 Å². The van der Waals surface area contributed by atoms with Gasteiger partial charge in [-0.1, -0.05) is 18.2 Å². The number of nitrogens with one attached hydrogen (secondary N) is 1. The van der Waals surface area contributed by atoms with Crippen molar-refractivity contribution >= 4 is 23.0 Å². The molecule has 6 heteroatoms. The van der Waals surface area contributed by atoms with Crippen molar-refractivity contribution in [1.29, 1.82) is 0 Å². The van der Waals surface area contributed by atoms with Crippen LogP contribution in [0.25, 0.3) is 0 Å². The van der Waals surface area contributed by atoms with Crippen LogP contribution in [-0.2, 0) is 17.7 Å². The SMILES string of the molecule is Cc1cc(N2CCOCC2)ccc1NC(=O)c1ccoc1CN1c2ccccc2CC1C. The molecule has 1 fully saturated rings. The van der Waals surface area contributed by atoms with Gasteiger partial charge in [0.1, 0.15) is 5.76 Å². The van der Waals surface area contributed by atoms with E-state index >= 15 is 0 Å². The van der Waals surface area contributed by atoms with Crippen molar-refractivity contribution in [3.8, 4) is 0 Å². The summed E-state index contributed by atoms with van der Waals surface area (Å²) in [5, 5.41) is 3.08. The van der Waals surface area contributed by atoms with Crippen LogP contribution in [0.5, 0.6) is 0 Å². The number of hydrogen-bond acceptors (Lipinski definition) is 5. The van der Waals surface area contributed by atoms with Gasteiger partial charge >= 0.3 is 0 Å². The highest BCUT2D eigenvalue weighted by atomic mass is 16.5. The Labute approximate surface area is 188 Å². The number of anilines is 3. The van der Waals surface area contributed by atoms with Gasteiger partial charge in [0.25, 0.3) is 5.91 Å². The number of benzene rings is 2. The van der Waals surface area contributed by atoms with Gasteiger partial charge in [-0.25, -0.2) is 0 Å². The lowest BCUT2D eigenvalue weighted by Gasteiger charge is -2.29. The van der Waals surface area contributed by atoms with Crippen LogP contribution in [0.1, 0.15) is 34.2 Å². The van der Waals surface area contributed by atoms with Gasteiger partial charge in [-0.3, -0.25) is 4.79 Å². The summed E-state index contributed by atoms with van der Waals surface area (Å²) in [6, 6.07) is 16.7. The lowest BCUT2D eigenvalue weighted by molar-refractivity contribution is 0.102. The first-order chi connectivity index (χ1) is 15.6. The number of carbonyl (C=O) groups is 1. The summed E-state index contributed by atoms with van der Waals surface area (Å²) < 4.78 is 11.2. The average molecular weight is 432 g/mol. The number of furan rings is 1. The van der Waals surface area contributed by atoms with Gasteiger partial charge in [0, 0.05) is 36.2 Å². The lowest BCUT2D eigenvalue weighted by atomic mass is 10.1. The maximum absolute atomic E-state index is 13.1. The van der Waals surface area contributed by atoms with E-state index in [4.69, 9.17) is 9.15 Å². The predicted octanol–water partition coefficient (Wildman–Crippen LogP) is 4.63. The van der Waals surface area contributed by atoms with E-state index in [2.05, 4.69) is 58.4 Å². The summed E-state index contributed by atoms with van der Waals surface area (Å²) >= 11 is 0. The summed E-state index contributed by atoms with van der Waals surface area (Å²) in [5.41, 5.74) is 6.16. The molecule has 0 radical (unpaired) electrons. The molecule has 166 valence electrons. The van der Waals surface area contributed by atoms with Gasteiger partial charge < -0.3 is 24.3 Å². The summed E-state index contributed by atoms with van der Waals surface area (Å²) in [7, 11) is 0. The number of nitrogens with zero attached hydrogens (tertiary/aromatic N) is 2. The molecule has 2 aromatic carbocycles. The number of rotatable bonds is 5. The molecular formula is C26H29N3O3. The second-order valence-electron chi connectivity index (χ2n) is 8.62. The third-order valence-electron chi connectivity index (χ3n) is 6.49. The van der Waals surface area contributed by atoms with E-state index in [0.717, 1.165) is 49.7 Å². The van der Waals surface area contributed by atoms with E-state index in [1.807, 2.05) is 13.0 Å². The molecule has 0 saturated carbocycles. The van der Waals surface area contributed by atoms with Gasteiger partial charge in [-0.2, -0.15) is 0 Å². The molecule has 2 aliphatic heterocycles. The van der Waals surface area contributed by atoms with Gasteiger partial charge in [0.2, 0.25) is 0 Å². The Morgan fingerprint density at radius 1 is 1.12 bits per heavy atom. The maximum atomic E-state index is 13.1. The number of carbonyl (C=O) groups excluding carboxylic acids is 1. The highest BCUT2D eigenvalue weighted by Crippen LogP contribution is 2.34. The Hall–Kier alpha value is -3.25. The van der Waals surface area contributed by atoms with E-state index in [1.165, 1.54) is 11.3 Å². The number of hydrogen-bond donors (Lipinski definition) is 1. The first-order valence-electron chi connectivity index (χ1n) is 11.3. The number of fused-ring (bicyclic) bond motifs is 1. The summed E-state index contributed by atoms with van der Waals surface area (Å²) in [6.45, 7) is 8.09. The smallest absolute Gasteiger partial charge is 0.259 e. The molecule has 1 aromatic heterocycles. The molecule has 1 N–H and O–H groups in total. The van der Waals surface area contributed by atoms with Gasteiger partial charge in [0.15, 0.2) is 0 Å². The minimum atomic E-state index is -0.142. The van der Waals surface area contributed by atoms with Crippen molar-refractivity contribution in [3.63, 3.8) is 0 Å². The minimum Gasteiger partial charge on any atom is -0.467 e. The van der Waals surface area contributed by atoms with Crippen LogP contribution in [0.4, 0.5) is 17.1 Å². The largest absolute Gasteiger partial charge is 0.467 e. The molecule has 6 nitrogen and oxygen atoms in total. The van der Waals surface area contributed by atoms with E-state index in [1.54, 1.807) is 12.3 Å². The molecular weight excluding hydrogens is 402 g/mol. The van der Waals surface area contributed by atoms with Gasteiger partial charge in [-0.05, 0) is 61.7 Å². The van der Waals surface area contributed by atoms with Crippen molar-refractivity contribution in [2.24, 2.45) is 0 Å². The Morgan fingerprint density at radius 2 is 1.94 bits per heavy atom. The molecule has 0 aliphatic carbocycles. The predicted molar refractivity (Wildman–Crippen MR) is 127 cm³/mol. The fourth-order valence-electron chi connectivity index (χ4n) is 4.69. The third-order valence-corrected chi connectivity index (χ3v) is 6.49.